The van der Waals surface area contributed by atoms with E-state index in [2.05, 4.69) is 32.7 Å². The highest BCUT2D eigenvalue weighted by Crippen LogP contribution is 2.24. The summed E-state index contributed by atoms with van der Waals surface area (Å²) in [5, 5.41) is 0. The molecule has 0 aliphatic rings. The van der Waals surface area contributed by atoms with Gasteiger partial charge < -0.3 is 4.57 Å². The van der Waals surface area contributed by atoms with Crippen LogP contribution in [0.5, 0.6) is 0 Å². The van der Waals surface area contributed by atoms with Gasteiger partial charge in [-0.1, -0.05) is 27.7 Å². The van der Waals surface area contributed by atoms with Crippen molar-refractivity contribution in [2.24, 2.45) is 11.3 Å². The topological polar surface area (TPSA) is 54.9 Å². The quantitative estimate of drug-likeness (QED) is 0.874. The van der Waals surface area contributed by atoms with Gasteiger partial charge in [-0.15, -0.1) is 0 Å². The Kier molecular flexibility index (Phi) is 3.96. The predicted octanol–water partition coefficient (Wildman–Crippen LogP) is 1.92. The number of nitrogens with zero attached hydrogens (tertiary/aromatic N) is 1. The molecule has 0 saturated carbocycles. The number of nitrogens with one attached hydrogen (secondary N) is 1. The molecule has 0 spiro atoms. The van der Waals surface area contributed by atoms with Crippen LogP contribution in [-0.2, 0) is 6.54 Å². The van der Waals surface area contributed by atoms with Gasteiger partial charge in [-0.05, 0) is 24.7 Å². The first-order valence-electron chi connectivity index (χ1n) is 5.99. The van der Waals surface area contributed by atoms with Crippen molar-refractivity contribution in [2.75, 3.05) is 0 Å². The van der Waals surface area contributed by atoms with Crippen molar-refractivity contribution in [3.8, 4) is 0 Å². The molecular formula is C13H22N2O2. The molecule has 0 aliphatic heterocycles. The zero-order valence-electron chi connectivity index (χ0n) is 11.3. The van der Waals surface area contributed by atoms with Crippen LogP contribution in [0, 0.1) is 18.3 Å². The second-order valence-corrected chi connectivity index (χ2v) is 6.09. The molecule has 4 heteroatoms. The van der Waals surface area contributed by atoms with Gasteiger partial charge in [0.25, 0.3) is 5.56 Å². The number of aromatic amines is 1. The average Bonchev–Trinajstić information content (AvgIpc) is 2.11. The van der Waals surface area contributed by atoms with Crippen molar-refractivity contribution >= 4 is 0 Å². The smallest absolute Gasteiger partial charge is 0.300 e. The molecule has 17 heavy (non-hydrogen) atoms. The van der Waals surface area contributed by atoms with E-state index in [1.165, 1.54) is 0 Å². The van der Waals surface area contributed by atoms with E-state index >= 15 is 0 Å². The zero-order valence-corrected chi connectivity index (χ0v) is 11.3. The maximum absolute atomic E-state index is 11.6. The van der Waals surface area contributed by atoms with Crippen molar-refractivity contribution in [3.05, 3.63) is 32.6 Å². The van der Waals surface area contributed by atoms with E-state index < -0.39 is 0 Å². The Labute approximate surface area is 102 Å². The maximum Gasteiger partial charge on any atom is 0.328 e. The second-order valence-electron chi connectivity index (χ2n) is 6.09. The van der Waals surface area contributed by atoms with Gasteiger partial charge in [0.2, 0.25) is 0 Å². The number of hydrogen-bond donors (Lipinski definition) is 1. The Morgan fingerprint density at radius 1 is 1.35 bits per heavy atom. The number of aryl methyl sites for hydroxylation is 1. The Bertz CT molecular complexity index is 491. The van der Waals surface area contributed by atoms with Gasteiger partial charge in [0.05, 0.1) is 0 Å². The van der Waals surface area contributed by atoms with Gasteiger partial charge in [-0.25, -0.2) is 4.79 Å². The summed E-state index contributed by atoms with van der Waals surface area (Å²) in [5.74, 6) is 0.401. The fraction of sp³-hybridized carbons (Fsp3) is 0.692. The maximum atomic E-state index is 11.6. The standard InChI is InChI=1S/C13H22N2O2/c1-9(6-13(3,4)5)7-15-8-10(2)11(16)14-12(15)17/h8-9H,6-7H2,1-5H3,(H,14,16,17). The lowest BCUT2D eigenvalue weighted by atomic mass is 9.85. The molecule has 0 saturated heterocycles. The SMILES string of the molecule is Cc1cn(CC(C)CC(C)(C)C)c(=O)[nH]c1=O. The average molecular weight is 238 g/mol. The molecule has 1 rings (SSSR count). The van der Waals surface area contributed by atoms with Crippen molar-refractivity contribution in [1.82, 2.24) is 9.55 Å². The summed E-state index contributed by atoms with van der Waals surface area (Å²) in [7, 11) is 0. The highest BCUT2D eigenvalue weighted by Gasteiger charge is 2.16. The van der Waals surface area contributed by atoms with Gasteiger partial charge in [0.15, 0.2) is 0 Å². The van der Waals surface area contributed by atoms with Crippen LogP contribution in [0.1, 0.15) is 39.7 Å². The minimum atomic E-state index is -0.318. The van der Waals surface area contributed by atoms with E-state index in [1.807, 2.05) is 0 Å². The molecule has 1 aromatic heterocycles. The monoisotopic (exact) mass is 238 g/mol. The van der Waals surface area contributed by atoms with Crippen LogP contribution < -0.4 is 11.2 Å². The lowest BCUT2D eigenvalue weighted by Crippen LogP contribution is -2.32. The second kappa shape index (κ2) is 4.90. The first kappa shape index (κ1) is 13.7. The molecule has 0 aliphatic carbocycles. The number of aromatic nitrogens is 2. The fourth-order valence-electron chi connectivity index (χ4n) is 2.20. The lowest BCUT2D eigenvalue weighted by Gasteiger charge is -2.23. The summed E-state index contributed by atoms with van der Waals surface area (Å²) in [6.07, 6.45) is 2.68. The molecule has 1 heterocycles. The van der Waals surface area contributed by atoms with E-state index in [0.717, 1.165) is 6.42 Å². The van der Waals surface area contributed by atoms with Crippen LogP contribution in [-0.4, -0.2) is 9.55 Å². The molecule has 0 aromatic carbocycles. The predicted molar refractivity (Wildman–Crippen MR) is 69.3 cm³/mol. The molecule has 0 bridgehead atoms. The van der Waals surface area contributed by atoms with E-state index in [0.29, 0.717) is 18.0 Å². The highest BCUT2D eigenvalue weighted by molar-refractivity contribution is 5.00. The summed E-state index contributed by atoms with van der Waals surface area (Å²) in [6, 6.07) is 0. The van der Waals surface area contributed by atoms with Crippen molar-refractivity contribution in [3.63, 3.8) is 0 Å². The summed E-state index contributed by atoms with van der Waals surface area (Å²) in [5.41, 5.74) is 0.212. The molecule has 1 aromatic rings. The normalized spacial score (nSPS) is 13.7. The van der Waals surface area contributed by atoms with Crippen LogP contribution in [0.3, 0.4) is 0 Å². The van der Waals surface area contributed by atoms with Gasteiger partial charge in [-0.2, -0.15) is 0 Å². The molecule has 1 atom stereocenters. The molecule has 4 nitrogen and oxygen atoms in total. The van der Waals surface area contributed by atoms with Crippen molar-refractivity contribution < 1.29 is 0 Å². The van der Waals surface area contributed by atoms with Crippen molar-refractivity contribution in [2.45, 2.75) is 47.6 Å². The summed E-state index contributed by atoms with van der Waals surface area (Å²) < 4.78 is 1.59. The van der Waals surface area contributed by atoms with E-state index in [1.54, 1.807) is 17.7 Å². The largest absolute Gasteiger partial charge is 0.328 e. The molecule has 0 amide bonds. The number of rotatable bonds is 3. The Balaban J connectivity index is 2.86. The van der Waals surface area contributed by atoms with E-state index in [4.69, 9.17) is 0 Å². The van der Waals surface area contributed by atoms with Crippen LogP contribution in [0.2, 0.25) is 0 Å². The Morgan fingerprint density at radius 3 is 2.47 bits per heavy atom. The minimum absolute atomic E-state index is 0.250. The first-order valence-corrected chi connectivity index (χ1v) is 5.99. The van der Waals surface area contributed by atoms with Gasteiger partial charge >= 0.3 is 5.69 Å². The molecule has 0 fully saturated rings. The number of hydrogen-bond acceptors (Lipinski definition) is 2. The minimum Gasteiger partial charge on any atom is -0.300 e. The molecule has 0 radical (unpaired) electrons. The van der Waals surface area contributed by atoms with Crippen LogP contribution in [0.4, 0.5) is 0 Å². The summed E-state index contributed by atoms with van der Waals surface area (Å²) in [6.45, 7) is 11.0. The molecule has 96 valence electrons. The van der Waals surface area contributed by atoms with E-state index in [9.17, 15) is 9.59 Å². The lowest BCUT2D eigenvalue weighted by molar-refractivity contribution is 0.283. The fourth-order valence-corrected chi connectivity index (χ4v) is 2.20. The van der Waals surface area contributed by atoms with Gasteiger partial charge in [-0.3, -0.25) is 9.78 Å². The number of H-pyrrole nitrogens is 1. The Hall–Kier alpha value is -1.32. The van der Waals surface area contributed by atoms with Crippen LogP contribution >= 0.6 is 0 Å². The Morgan fingerprint density at radius 2 is 1.94 bits per heavy atom. The zero-order chi connectivity index (χ0) is 13.2. The first-order chi connectivity index (χ1) is 7.69. The summed E-state index contributed by atoms with van der Waals surface area (Å²) >= 11 is 0. The third-order valence-electron chi connectivity index (χ3n) is 2.66. The molecule has 1 N–H and O–H groups in total. The van der Waals surface area contributed by atoms with Gasteiger partial charge in [0.1, 0.15) is 0 Å². The van der Waals surface area contributed by atoms with E-state index in [-0.39, 0.29) is 16.7 Å². The summed E-state index contributed by atoms with van der Waals surface area (Å²) in [4.78, 5) is 25.2. The molecular weight excluding hydrogens is 216 g/mol. The highest BCUT2D eigenvalue weighted by atomic mass is 16.2. The third kappa shape index (κ3) is 4.21. The third-order valence-corrected chi connectivity index (χ3v) is 2.66. The van der Waals surface area contributed by atoms with Gasteiger partial charge in [0, 0.05) is 18.3 Å². The van der Waals surface area contributed by atoms with Crippen LogP contribution in [0.25, 0.3) is 0 Å². The van der Waals surface area contributed by atoms with Crippen molar-refractivity contribution in [1.29, 1.82) is 0 Å². The molecule has 1 unspecified atom stereocenters. The van der Waals surface area contributed by atoms with Crippen LogP contribution in [0.15, 0.2) is 15.8 Å².